The quantitative estimate of drug-likeness (QED) is 0.190. The van der Waals surface area contributed by atoms with Crippen molar-refractivity contribution in [1.29, 1.82) is 0 Å². The highest BCUT2D eigenvalue weighted by molar-refractivity contribution is 7.29. The van der Waals surface area contributed by atoms with Crippen molar-refractivity contribution in [1.82, 2.24) is 0 Å². The van der Waals surface area contributed by atoms with Gasteiger partial charge < -0.3 is 0 Å². The highest BCUT2D eigenvalue weighted by Gasteiger charge is 2.15. The van der Waals surface area contributed by atoms with E-state index in [1.54, 1.807) is 0 Å². The van der Waals surface area contributed by atoms with Crippen molar-refractivity contribution in [3.8, 4) is 44.5 Å². The maximum atomic E-state index is 2.41. The molecule has 44 heavy (non-hydrogen) atoms. The van der Waals surface area contributed by atoms with Gasteiger partial charge in [-0.15, -0.1) is 22.7 Å². The first kappa shape index (κ1) is 25.5. The zero-order valence-electron chi connectivity index (χ0n) is 23.8. The van der Waals surface area contributed by atoms with Crippen LogP contribution in [-0.4, -0.2) is 0 Å². The van der Waals surface area contributed by atoms with Gasteiger partial charge >= 0.3 is 0 Å². The topological polar surface area (TPSA) is 0 Å². The molecule has 0 unspecified atom stereocenters. The van der Waals surface area contributed by atoms with Gasteiger partial charge in [-0.3, -0.25) is 0 Å². The second-order valence-electron chi connectivity index (χ2n) is 11.3. The molecule has 0 aliphatic heterocycles. The van der Waals surface area contributed by atoms with Crippen LogP contribution in [0.4, 0.5) is 0 Å². The highest BCUT2D eigenvalue weighted by atomic mass is 32.1. The molecule has 206 valence electrons. The highest BCUT2D eigenvalue weighted by Crippen LogP contribution is 2.46. The van der Waals surface area contributed by atoms with Crippen LogP contribution in [-0.2, 0) is 0 Å². The van der Waals surface area contributed by atoms with Crippen LogP contribution >= 0.6 is 22.7 Å². The molecule has 0 bridgehead atoms. The Kier molecular flexibility index (Phi) is 5.97. The fourth-order valence-electron chi connectivity index (χ4n) is 6.47. The molecule has 0 spiro atoms. The van der Waals surface area contributed by atoms with Crippen LogP contribution in [0.3, 0.4) is 0 Å². The molecule has 7 aromatic carbocycles. The summed E-state index contributed by atoms with van der Waals surface area (Å²) >= 11 is 3.82. The SMILES string of the molecule is c1ccc(-c2cccc(-c3ccc4sc5c(ccc6sc7ccc(-c8cccc(-c9ccccc9)c8)cc7c65)c4c3)c2)cc1. The maximum Gasteiger partial charge on any atom is 0.0448 e. The van der Waals surface area contributed by atoms with Crippen LogP contribution in [0.2, 0.25) is 0 Å². The van der Waals surface area contributed by atoms with Crippen molar-refractivity contribution >= 4 is 63.0 Å². The Balaban J connectivity index is 1.18. The summed E-state index contributed by atoms with van der Waals surface area (Å²) in [7, 11) is 0. The van der Waals surface area contributed by atoms with Crippen molar-refractivity contribution in [2.24, 2.45) is 0 Å². The summed E-state index contributed by atoms with van der Waals surface area (Å²) in [5, 5.41) is 5.41. The molecule has 2 aromatic heterocycles. The van der Waals surface area contributed by atoms with E-state index < -0.39 is 0 Å². The Bertz CT molecular complexity index is 2480. The van der Waals surface area contributed by atoms with Crippen molar-refractivity contribution in [3.63, 3.8) is 0 Å². The molecule has 0 N–H and O–H groups in total. The lowest BCUT2D eigenvalue weighted by molar-refractivity contribution is 1.60. The molecular weight excluding hydrogens is 569 g/mol. The van der Waals surface area contributed by atoms with E-state index in [1.165, 1.54) is 84.9 Å². The summed E-state index contributed by atoms with van der Waals surface area (Å²) in [4.78, 5) is 0. The van der Waals surface area contributed by atoms with Crippen molar-refractivity contribution in [2.45, 2.75) is 0 Å². The number of fused-ring (bicyclic) bond motifs is 7. The Labute approximate surface area is 264 Å². The van der Waals surface area contributed by atoms with Gasteiger partial charge in [0.25, 0.3) is 0 Å². The van der Waals surface area contributed by atoms with E-state index in [-0.39, 0.29) is 0 Å². The summed E-state index contributed by atoms with van der Waals surface area (Å²) in [5.41, 5.74) is 9.99. The molecule has 0 nitrogen and oxygen atoms in total. The summed E-state index contributed by atoms with van der Waals surface area (Å²) in [6.07, 6.45) is 0. The molecule has 0 saturated carbocycles. The van der Waals surface area contributed by atoms with Gasteiger partial charge in [0.1, 0.15) is 0 Å². The Morgan fingerprint density at radius 1 is 0.273 bits per heavy atom. The standard InChI is InChI=1S/C42H26S2/c1-3-9-27(10-4-1)29-13-7-15-31(23-29)33-17-20-38-36(25-33)35-19-22-40-41(42(35)44-38)37-26-34(18-21-39(37)43-40)32-16-8-14-30(24-32)28-11-5-2-6-12-28/h1-26H. The van der Waals surface area contributed by atoms with Gasteiger partial charge in [0, 0.05) is 40.3 Å². The molecule has 0 fully saturated rings. The van der Waals surface area contributed by atoms with Gasteiger partial charge in [-0.05, 0) is 87.0 Å². The predicted octanol–water partition coefficient (Wildman–Crippen LogP) is 13.1. The lowest BCUT2D eigenvalue weighted by atomic mass is 9.97. The number of hydrogen-bond acceptors (Lipinski definition) is 2. The van der Waals surface area contributed by atoms with Crippen molar-refractivity contribution < 1.29 is 0 Å². The summed E-state index contributed by atoms with van der Waals surface area (Å²) in [5.74, 6) is 0. The second-order valence-corrected chi connectivity index (χ2v) is 13.5. The molecular formula is C42H26S2. The first-order valence-corrected chi connectivity index (χ1v) is 16.6. The van der Waals surface area contributed by atoms with Crippen LogP contribution in [0, 0.1) is 0 Å². The lowest BCUT2D eigenvalue weighted by Gasteiger charge is -2.07. The van der Waals surface area contributed by atoms with Gasteiger partial charge in [-0.2, -0.15) is 0 Å². The third-order valence-electron chi connectivity index (χ3n) is 8.68. The average molecular weight is 595 g/mol. The predicted molar refractivity (Wildman–Crippen MR) is 194 cm³/mol. The van der Waals surface area contributed by atoms with E-state index >= 15 is 0 Å². The third kappa shape index (κ3) is 4.26. The second kappa shape index (κ2) is 10.3. The van der Waals surface area contributed by atoms with Crippen LogP contribution in [0.25, 0.3) is 84.9 Å². The minimum Gasteiger partial charge on any atom is -0.135 e. The average Bonchev–Trinajstić information content (AvgIpc) is 3.66. The molecule has 0 aliphatic carbocycles. The summed E-state index contributed by atoms with van der Waals surface area (Å²) < 4.78 is 5.41. The molecule has 2 heteroatoms. The Morgan fingerprint density at radius 2 is 0.727 bits per heavy atom. The number of benzene rings is 7. The van der Waals surface area contributed by atoms with Crippen LogP contribution < -0.4 is 0 Å². The minimum atomic E-state index is 1.24. The van der Waals surface area contributed by atoms with Gasteiger partial charge in [0.2, 0.25) is 0 Å². The zero-order chi connectivity index (χ0) is 29.0. The largest absolute Gasteiger partial charge is 0.135 e. The minimum absolute atomic E-state index is 1.24. The summed E-state index contributed by atoms with van der Waals surface area (Å²) in [6.45, 7) is 0. The summed E-state index contributed by atoms with van der Waals surface area (Å²) in [6, 6.07) is 57.7. The number of hydrogen-bond donors (Lipinski definition) is 0. The maximum absolute atomic E-state index is 2.41. The number of rotatable bonds is 4. The molecule has 9 rings (SSSR count). The Morgan fingerprint density at radius 3 is 1.32 bits per heavy atom. The van der Waals surface area contributed by atoms with Gasteiger partial charge in [-0.25, -0.2) is 0 Å². The van der Waals surface area contributed by atoms with Gasteiger partial charge in [-0.1, -0.05) is 115 Å². The lowest BCUT2D eigenvalue weighted by Crippen LogP contribution is -1.81. The van der Waals surface area contributed by atoms with E-state index in [9.17, 15) is 0 Å². The molecule has 0 atom stereocenters. The Hall–Kier alpha value is -5.02. The van der Waals surface area contributed by atoms with Crippen LogP contribution in [0.1, 0.15) is 0 Å². The zero-order valence-corrected chi connectivity index (χ0v) is 25.5. The smallest absolute Gasteiger partial charge is 0.0448 e. The molecule has 9 aromatic rings. The fraction of sp³-hybridized carbons (Fsp3) is 0. The molecule has 2 heterocycles. The van der Waals surface area contributed by atoms with Crippen LogP contribution in [0.5, 0.6) is 0 Å². The van der Waals surface area contributed by atoms with Gasteiger partial charge in [0.15, 0.2) is 0 Å². The van der Waals surface area contributed by atoms with E-state index in [1.807, 2.05) is 22.7 Å². The third-order valence-corrected chi connectivity index (χ3v) is 11.0. The molecule has 0 saturated heterocycles. The first-order valence-electron chi connectivity index (χ1n) is 14.9. The van der Waals surface area contributed by atoms with E-state index in [0.29, 0.717) is 0 Å². The molecule has 0 radical (unpaired) electrons. The fourth-order valence-corrected chi connectivity index (χ4v) is 8.88. The van der Waals surface area contributed by atoms with Gasteiger partial charge in [0.05, 0.1) is 0 Å². The van der Waals surface area contributed by atoms with E-state index in [2.05, 4.69) is 158 Å². The normalized spacial score (nSPS) is 11.6. The molecule has 0 amide bonds. The molecule has 0 aliphatic rings. The van der Waals surface area contributed by atoms with E-state index in [0.717, 1.165) is 0 Å². The first-order chi connectivity index (χ1) is 21.8. The van der Waals surface area contributed by atoms with Crippen LogP contribution in [0.15, 0.2) is 158 Å². The number of thiophene rings is 2. The van der Waals surface area contributed by atoms with Crippen molar-refractivity contribution in [3.05, 3.63) is 158 Å². The van der Waals surface area contributed by atoms with E-state index in [4.69, 9.17) is 0 Å². The monoisotopic (exact) mass is 594 g/mol. The van der Waals surface area contributed by atoms with Crippen molar-refractivity contribution in [2.75, 3.05) is 0 Å².